The van der Waals surface area contributed by atoms with Crippen LogP contribution in [-0.4, -0.2) is 0 Å². The molecule has 90 valence electrons. The van der Waals surface area contributed by atoms with Crippen molar-refractivity contribution in [1.29, 1.82) is 0 Å². The highest BCUT2D eigenvalue weighted by Crippen LogP contribution is 2.79. The van der Waals surface area contributed by atoms with Crippen LogP contribution >= 0.6 is 0 Å². The molecule has 3 unspecified atom stereocenters. The lowest BCUT2D eigenvalue weighted by atomic mass is 9.44. The average Bonchev–Trinajstić information content (AvgIpc) is 3.04. The van der Waals surface area contributed by atoms with Gasteiger partial charge >= 0.3 is 0 Å². The summed E-state index contributed by atoms with van der Waals surface area (Å²) in [5.74, 6) is 2.93. The maximum absolute atomic E-state index is 2.52. The molecule has 5 rings (SSSR count). The number of rotatable bonds is 1. The minimum absolute atomic E-state index is 0.641. The molecule has 0 amide bonds. The van der Waals surface area contributed by atoms with Crippen molar-refractivity contribution >= 4 is 0 Å². The molecule has 0 nitrogen and oxygen atoms in total. The highest BCUT2D eigenvalue weighted by molar-refractivity contribution is 5.33. The van der Waals surface area contributed by atoms with Crippen molar-refractivity contribution in [3.05, 3.63) is 35.9 Å². The van der Waals surface area contributed by atoms with Crippen LogP contribution in [0.5, 0.6) is 0 Å². The summed E-state index contributed by atoms with van der Waals surface area (Å²) in [6.07, 6.45) is 5.99. The van der Waals surface area contributed by atoms with Gasteiger partial charge in [-0.25, -0.2) is 0 Å². The second-order valence-corrected chi connectivity index (χ2v) is 7.25. The Morgan fingerprint density at radius 1 is 1.12 bits per heavy atom. The first-order valence-electron chi connectivity index (χ1n) is 7.19. The van der Waals surface area contributed by atoms with Gasteiger partial charge in [0, 0.05) is 0 Å². The van der Waals surface area contributed by atoms with Crippen LogP contribution < -0.4 is 0 Å². The molecular weight excluding hydrogens is 204 g/mol. The first-order valence-corrected chi connectivity index (χ1v) is 7.19. The molecule has 1 spiro atoms. The second-order valence-electron chi connectivity index (χ2n) is 7.25. The molecule has 0 aliphatic heterocycles. The molecule has 1 aromatic rings. The predicted octanol–water partition coefficient (Wildman–Crippen LogP) is 4.62. The Morgan fingerprint density at radius 2 is 1.88 bits per heavy atom. The molecule has 0 saturated heterocycles. The van der Waals surface area contributed by atoms with Gasteiger partial charge in [-0.3, -0.25) is 0 Å². The van der Waals surface area contributed by atoms with Gasteiger partial charge in [-0.05, 0) is 59.8 Å². The van der Waals surface area contributed by atoms with E-state index in [-0.39, 0.29) is 0 Å². The van der Waals surface area contributed by atoms with E-state index >= 15 is 0 Å². The van der Waals surface area contributed by atoms with E-state index in [4.69, 9.17) is 0 Å². The van der Waals surface area contributed by atoms with Crippen molar-refractivity contribution in [2.75, 3.05) is 0 Å². The van der Waals surface area contributed by atoms with E-state index in [0.717, 1.165) is 17.8 Å². The molecular formula is C17H22. The van der Waals surface area contributed by atoms with Crippen molar-refractivity contribution in [2.24, 2.45) is 22.7 Å². The van der Waals surface area contributed by atoms with Crippen molar-refractivity contribution in [3.8, 4) is 0 Å². The third-order valence-corrected chi connectivity index (χ3v) is 6.44. The number of fused-ring (bicyclic) bond motifs is 1. The fourth-order valence-corrected chi connectivity index (χ4v) is 5.22. The highest BCUT2D eigenvalue weighted by atomic mass is 14.7. The van der Waals surface area contributed by atoms with Crippen LogP contribution in [0.3, 0.4) is 0 Å². The van der Waals surface area contributed by atoms with Crippen molar-refractivity contribution in [2.45, 2.75) is 45.4 Å². The maximum atomic E-state index is 2.52. The van der Waals surface area contributed by atoms with E-state index in [0.29, 0.717) is 10.8 Å². The Balaban J connectivity index is 1.65. The van der Waals surface area contributed by atoms with Gasteiger partial charge < -0.3 is 0 Å². The normalized spacial score (nSPS) is 45.4. The highest BCUT2D eigenvalue weighted by Gasteiger charge is 2.70. The van der Waals surface area contributed by atoms with E-state index in [1.807, 2.05) is 0 Å². The van der Waals surface area contributed by atoms with Gasteiger partial charge in [-0.2, -0.15) is 0 Å². The van der Waals surface area contributed by atoms with Crippen molar-refractivity contribution in [1.82, 2.24) is 0 Å². The number of benzene rings is 1. The van der Waals surface area contributed by atoms with Gasteiger partial charge in [0.2, 0.25) is 0 Å². The first-order chi connectivity index (χ1) is 8.14. The molecule has 17 heavy (non-hydrogen) atoms. The minimum atomic E-state index is 0.641. The van der Waals surface area contributed by atoms with Gasteiger partial charge in [-0.1, -0.05) is 44.2 Å². The fourth-order valence-electron chi connectivity index (χ4n) is 5.22. The zero-order chi connectivity index (χ0) is 11.7. The Labute approximate surface area is 104 Å². The van der Waals surface area contributed by atoms with Crippen LogP contribution in [0, 0.1) is 22.7 Å². The molecule has 4 saturated carbocycles. The third-order valence-electron chi connectivity index (χ3n) is 6.44. The monoisotopic (exact) mass is 226 g/mol. The van der Waals surface area contributed by atoms with Gasteiger partial charge in [0.15, 0.2) is 0 Å². The van der Waals surface area contributed by atoms with E-state index in [2.05, 4.69) is 44.2 Å². The summed E-state index contributed by atoms with van der Waals surface area (Å²) < 4.78 is 0. The van der Waals surface area contributed by atoms with Crippen LogP contribution in [0.2, 0.25) is 0 Å². The van der Waals surface area contributed by atoms with Crippen LogP contribution in [0.4, 0.5) is 0 Å². The van der Waals surface area contributed by atoms with E-state index < -0.39 is 0 Å². The van der Waals surface area contributed by atoms with E-state index in [1.165, 1.54) is 25.7 Å². The van der Waals surface area contributed by atoms with Gasteiger partial charge in [0.25, 0.3) is 0 Å². The van der Waals surface area contributed by atoms with Crippen LogP contribution in [0.15, 0.2) is 30.3 Å². The smallest absolute Gasteiger partial charge is 0.00967 e. The lowest BCUT2D eigenvalue weighted by Gasteiger charge is -2.61. The summed E-state index contributed by atoms with van der Waals surface area (Å²) in [6.45, 7) is 5.04. The summed E-state index contributed by atoms with van der Waals surface area (Å²) in [5, 5.41) is 0. The Bertz CT molecular complexity index is 442. The third kappa shape index (κ3) is 1.14. The average molecular weight is 226 g/mol. The second kappa shape index (κ2) is 2.96. The molecule has 2 bridgehead atoms. The molecule has 4 aliphatic rings. The van der Waals surface area contributed by atoms with Crippen molar-refractivity contribution in [3.63, 3.8) is 0 Å². The van der Waals surface area contributed by atoms with E-state index in [1.54, 1.807) is 5.56 Å². The predicted molar refractivity (Wildman–Crippen MR) is 70.8 cm³/mol. The molecule has 0 aromatic heterocycles. The van der Waals surface area contributed by atoms with Crippen molar-refractivity contribution < 1.29 is 0 Å². The lowest BCUT2D eigenvalue weighted by molar-refractivity contribution is -0.118. The Hall–Kier alpha value is -0.780. The van der Waals surface area contributed by atoms with Crippen LogP contribution in [0.1, 0.15) is 51.0 Å². The summed E-state index contributed by atoms with van der Waals surface area (Å²) in [6, 6.07) is 11.2. The first kappa shape index (κ1) is 10.2. The molecule has 4 fully saturated rings. The van der Waals surface area contributed by atoms with Gasteiger partial charge in [-0.15, -0.1) is 0 Å². The van der Waals surface area contributed by atoms with E-state index in [9.17, 15) is 0 Å². The molecule has 0 heterocycles. The number of hydrogen-bond donors (Lipinski definition) is 0. The summed E-state index contributed by atoms with van der Waals surface area (Å²) in [7, 11) is 0. The van der Waals surface area contributed by atoms with Crippen LogP contribution in [-0.2, 0) is 0 Å². The number of hydrogen-bond acceptors (Lipinski definition) is 0. The van der Waals surface area contributed by atoms with Crippen LogP contribution in [0.25, 0.3) is 0 Å². The summed E-state index contributed by atoms with van der Waals surface area (Å²) >= 11 is 0. The van der Waals surface area contributed by atoms with Gasteiger partial charge in [0.1, 0.15) is 0 Å². The Morgan fingerprint density at radius 3 is 2.53 bits per heavy atom. The standard InChI is InChI=1S/C17H22/c1-16(2)13-8-9-17(15(16)10-13)11-14(17)12-6-4-3-5-7-12/h3-7,13-15H,8-11H2,1-2H3/t13?,14?,15?,17-/m1/s1. The molecule has 0 radical (unpaired) electrons. The zero-order valence-electron chi connectivity index (χ0n) is 10.9. The zero-order valence-corrected chi connectivity index (χ0v) is 10.9. The molecule has 1 aromatic carbocycles. The molecule has 4 aliphatic carbocycles. The maximum Gasteiger partial charge on any atom is -0.00967 e. The largest absolute Gasteiger partial charge is 0.0622 e. The molecule has 0 N–H and O–H groups in total. The van der Waals surface area contributed by atoms with Gasteiger partial charge in [0.05, 0.1) is 0 Å². The molecule has 0 heteroatoms. The Kier molecular flexibility index (Phi) is 1.77. The SMILES string of the molecule is CC1(C)C2CC[C@]3(CC3c3ccccc3)C1C2. The minimum Gasteiger partial charge on any atom is -0.0622 e. The molecule has 4 atom stereocenters. The lowest BCUT2D eigenvalue weighted by Crippen LogP contribution is -2.53. The quantitative estimate of drug-likeness (QED) is 0.655. The fraction of sp³-hybridized carbons (Fsp3) is 0.647. The summed E-state index contributed by atoms with van der Waals surface area (Å²) in [4.78, 5) is 0. The summed E-state index contributed by atoms with van der Waals surface area (Å²) in [5.41, 5.74) is 2.95. The topological polar surface area (TPSA) is 0 Å².